The van der Waals surface area contributed by atoms with Crippen molar-refractivity contribution in [1.82, 2.24) is 0 Å². The number of benzene rings is 1. The molecule has 84 valence electrons. The fourth-order valence-electron chi connectivity index (χ4n) is 0.856. The fourth-order valence-corrected chi connectivity index (χ4v) is 0.856. The van der Waals surface area contributed by atoms with E-state index in [4.69, 9.17) is 10.8 Å². The summed E-state index contributed by atoms with van der Waals surface area (Å²) in [6.45, 7) is 0. The van der Waals surface area contributed by atoms with Crippen LogP contribution in [-0.4, -0.2) is 18.2 Å². The van der Waals surface area contributed by atoms with Gasteiger partial charge in [0.05, 0.1) is 18.4 Å². The monoisotopic (exact) mass is 237 g/mol. The lowest BCUT2D eigenvalue weighted by molar-refractivity contribution is 0.0600. The molecule has 0 saturated heterocycles. The van der Waals surface area contributed by atoms with Crippen LogP contribution in [0.25, 0.3) is 0 Å². The summed E-state index contributed by atoms with van der Waals surface area (Å²) >= 11 is 2.03. The van der Waals surface area contributed by atoms with Crippen molar-refractivity contribution in [3.63, 3.8) is 0 Å². The molecule has 15 heavy (non-hydrogen) atoms. The Morgan fingerprint density at radius 1 is 1.53 bits per heavy atom. The average Bonchev–Trinajstić information content (AvgIpc) is 2.26. The van der Waals surface area contributed by atoms with Crippen LogP contribution in [0.1, 0.15) is 10.4 Å². The van der Waals surface area contributed by atoms with Gasteiger partial charge in [-0.2, -0.15) is 3.89 Å². The van der Waals surface area contributed by atoms with E-state index in [-0.39, 0.29) is 11.3 Å². The lowest BCUT2D eigenvalue weighted by atomic mass is 10.2. The Balaban J connectivity index is 0.000000921. The number of nitrogen functional groups attached to an aromatic ring is 1. The van der Waals surface area contributed by atoms with Gasteiger partial charge in [-0.1, -0.05) is 0 Å². The maximum atomic E-state index is 12.8. The van der Waals surface area contributed by atoms with Crippen LogP contribution in [0.4, 0.5) is 14.0 Å². The zero-order valence-corrected chi connectivity index (χ0v) is 8.59. The molecule has 0 aliphatic carbocycles. The van der Waals surface area contributed by atoms with E-state index >= 15 is 0 Å². The molecule has 0 heterocycles. The highest BCUT2D eigenvalue weighted by molar-refractivity contribution is 7.74. The summed E-state index contributed by atoms with van der Waals surface area (Å²) in [5.74, 6) is -2.31. The highest BCUT2D eigenvalue weighted by Gasteiger charge is 2.12. The number of nitrogens with two attached hydrogens (primary N) is 1. The van der Waals surface area contributed by atoms with Gasteiger partial charge in [0.25, 0.3) is 0 Å². The van der Waals surface area contributed by atoms with E-state index < -0.39 is 17.5 Å². The van der Waals surface area contributed by atoms with Crippen LogP contribution < -0.4 is 5.73 Å². The van der Waals surface area contributed by atoms with Crippen molar-refractivity contribution in [2.45, 2.75) is 0 Å². The number of rotatable bonds is 1. The molecule has 0 spiro atoms. The number of phenols is 1. The first-order chi connectivity index (χ1) is 7.06. The van der Waals surface area contributed by atoms with Gasteiger partial charge in [0, 0.05) is 13.0 Å². The third-order valence-corrected chi connectivity index (χ3v) is 1.51. The summed E-state index contributed by atoms with van der Waals surface area (Å²) in [6.07, 6.45) is 0. The van der Waals surface area contributed by atoms with Crippen LogP contribution in [0.5, 0.6) is 5.75 Å². The summed E-state index contributed by atoms with van der Waals surface area (Å²) in [5.41, 5.74) is 4.99. The predicted molar refractivity (Wildman–Crippen MR) is 53.9 cm³/mol. The van der Waals surface area contributed by atoms with Gasteiger partial charge < -0.3 is 15.6 Å². The first-order valence-electron chi connectivity index (χ1n) is 3.59. The molecular weight excluding hydrogens is 228 g/mol. The maximum absolute atomic E-state index is 12.8. The molecule has 1 aromatic carbocycles. The minimum atomic E-state index is -0.944. The molecule has 0 atom stereocenters. The number of aromatic hydroxyl groups is 1. The number of phenolic OH excluding ortho intramolecular Hbond substituents is 1. The van der Waals surface area contributed by atoms with Gasteiger partial charge in [0.2, 0.25) is 0 Å². The Morgan fingerprint density at radius 2 is 2.07 bits per heavy atom. The number of hydrogen-bond donors (Lipinski definition) is 3. The molecule has 7 heteroatoms. The highest BCUT2D eigenvalue weighted by Crippen LogP contribution is 2.25. The molecule has 0 radical (unpaired) electrons. The van der Waals surface area contributed by atoms with Gasteiger partial charge in [-0.15, -0.1) is 0 Å². The molecule has 4 nitrogen and oxygen atoms in total. The number of methoxy groups -OCH3 is 1. The maximum Gasteiger partial charge on any atom is 0.338 e. The van der Waals surface area contributed by atoms with Gasteiger partial charge in [-0.05, 0) is 12.1 Å². The van der Waals surface area contributed by atoms with Crippen molar-refractivity contribution in [3.05, 3.63) is 23.5 Å². The fraction of sp³-hybridized carbons (Fsp3) is 0.125. The van der Waals surface area contributed by atoms with Crippen LogP contribution in [0, 0.1) is 5.82 Å². The van der Waals surface area contributed by atoms with Gasteiger partial charge in [0.1, 0.15) is 0 Å². The summed E-state index contributed by atoms with van der Waals surface area (Å²) < 4.78 is 26.3. The summed E-state index contributed by atoms with van der Waals surface area (Å²) in [7, 11) is 1.17. The van der Waals surface area contributed by atoms with Crippen LogP contribution in [-0.2, 0) is 4.74 Å². The molecular formula is C8H9F2NO3S. The van der Waals surface area contributed by atoms with Crippen molar-refractivity contribution in [2.75, 3.05) is 12.8 Å². The minimum Gasteiger partial charge on any atom is -0.503 e. The van der Waals surface area contributed by atoms with Crippen LogP contribution in [0.2, 0.25) is 0 Å². The van der Waals surface area contributed by atoms with E-state index in [1.54, 1.807) is 0 Å². The van der Waals surface area contributed by atoms with Gasteiger partial charge in [-0.25, -0.2) is 9.18 Å². The largest absolute Gasteiger partial charge is 0.503 e. The number of halogens is 2. The van der Waals surface area contributed by atoms with E-state index in [2.05, 4.69) is 4.74 Å². The molecule has 0 aromatic heterocycles. The summed E-state index contributed by atoms with van der Waals surface area (Å²) in [6, 6.07) is 2.00. The number of thiol groups is 1. The van der Waals surface area contributed by atoms with E-state index in [1.807, 2.05) is 13.0 Å². The van der Waals surface area contributed by atoms with E-state index in [9.17, 15) is 13.1 Å². The Kier molecular flexibility index (Phi) is 5.46. The second-order valence-electron chi connectivity index (χ2n) is 2.39. The number of hydrogen-bond acceptors (Lipinski definition) is 5. The van der Waals surface area contributed by atoms with E-state index in [0.717, 1.165) is 12.1 Å². The standard InChI is InChI=1S/C8H8FNO3.FHS/c1-13-8(12)4-2-5(9)7(11)6(10)3-4;1-2/h2-3,11H,10H2,1H3;2H. The van der Waals surface area contributed by atoms with Gasteiger partial charge in [-0.3, -0.25) is 0 Å². The van der Waals surface area contributed by atoms with E-state index in [0.29, 0.717) is 0 Å². The number of carbonyl (C=O) groups is 1. The molecule has 0 unspecified atom stereocenters. The minimum absolute atomic E-state index is 0.0321. The van der Waals surface area contributed by atoms with Crippen molar-refractivity contribution in [2.24, 2.45) is 0 Å². The molecule has 0 saturated carbocycles. The first kappa shape index (κ1) is 13.5. The van der Waals surface area contributed by atoms with E-state index in [1.165, 1.54) is 7.11 Å². The van der Waals surface area contributed by atoms with Crippen molar-refractivity contribution in [1.29, 1.82) is 0 Å². The summed E-state index contributed by atoms with van der Waals surface area (Å²) in [5, 5.41) is 8.93. The Labute approximate surface area is 90.4 Å². The zero-order valence-electron chi connectivity index (χ0n) is 7.70. The lowest BCUT2D eigenvalue weighted by Crippen LogP contribution is -2.03. The predicted octanol–water partition coefficient (Wildman–Crippen LogP) is 1.70. The van der Waals surface area contributed by atoms with Crippen molar-refractivity contribution >= 4 is 24.7 Å². The third-order valence-electron chi connectivity index (χ3n) is 1.51. The molecule has 0 bridgehead atoms. The van der Waals surface area contributed by atoms with Gasteiger partial charge in [0.15, 0.2) is 11.6 Å². The lowest BCUT2D eigenvalue weighted by Gasteiger charge is -2.03. The second kappa shape index (κ2) is 6.07. The molecule has 0 fully saturated rings. The number of ether oxygens (including phenoxy) is 1. The normalized spacial score (nSPS) is 8.80. The molecule has 1 aromatic rings. The number of carbonyl (C=O) groups excluding carboxylic acids is 1. The molecule has 0 aliphatic heterocycles. The molecule has 0 amide bonds. The van der Waals surface area contributed by atoms with Gasteiger partial charge >= 0.3 is 5.97 Å². The van der Waals surface area contributed by atoms with Crippen LogP contribution in [0.3, 0.4) is 0 Å². The molecule has 0 aliphatic rings. The smallest absolute Gasteiger partial charge is 0.338 e. The highest BCUT2D eigenvalue weighted by atomic mass is 32.1. The average molecular weight is 237 g/mol. The second-order valence-corrected chi connectivity index (χ2v) is 2.39. The first-order valence-corrected chi connectivity index (χ1v) is 3.93. The third kappa shape index (κ3) is 3.28. The van der Waals surface area contributed by atoms with Crippen molar-refractivity contribution < 1.29 is 22.9 Å². The number of esters is 1. The Bertz CT molecular complexity index is 337. The zero-order chi connectivity index (χ0) is 12.0. The van der Waals surface area contributed by atoms with Crippen LogP contribution in [0.15, 0.2) is 12.1 Å². The molecule has 1 rings (SSSR count). The van der Waals surface area contributed by atoms with Crippen LogP contribution >= 0.6 is 13.0 Å². The summed E-state index contributed by atoms with van der Waals surface area (Å²) in [4.78, 5) is 10.9. The Hall–Kier alpha value is -1.50. The van der Waals surface area contributed by atoms with Crippen molar-refractivity contribution in [3.8, 4) is 5.75 Å². The molecule has 3 N–H and O–H groups in total. The topological polar surface area (TPSA) is 72.5 Å². The number of anilines is 1. The SMILES string of the molecule is COC(=O)c1cc(N)c(O)c(F)c1.FS. The Morgan fingerprint density at radius 3 is 2.47 bits per heavy atom. The quantitative estimate of drug-likeness (QED) is 0.301.